The summed E-state index contributed by atoms with van der Waals surface area (Å²) in [4.78, 5) is 44.5. The zero-order chi connectivity index (χ0) is 25.1. The topological polar surface area (TPSA) is 74.1 Å². The van der Waals surface area contributed by atoms with Gasteiger partial charge in [-0.1, -0.05) is 47.7 Å². The predicted molar refractivity (Wildman–Crippen MR) is 142 cm³/mol. The standard InChI is InChI=1S/C27H25N3O4S2/c1-19-7-10-22(11-8-19)35-25-12-9-21(34-25)17-23-26(32)30(27(33)36-23)18-24(31)29-15-13-28(14-16-29)20-5-3-2-4-6-20/h2-12,17H,13-16,18H2,1H3/b23-17+. The number of anilines is 1. The molecule has 0 saturated carbocycles. The monoisotopic (exact) mass is 519 g/mol. The number of furan rings is 1. The van der Waals surface area contributed by atoms with Crippen LogP contribution in [0.15, 0.2) is 86.0 Å². The quantitative estimate of drug-likeness (QED) is 0.418. The van der Waals surface area contributed by atoms with Gasteiger partial charge in [0.25, 0.3) is 11.1 Å². The maximum absolute atomic E-state index is 12.9. The Bertz CT molecular complexity index is 1300. The van der Waals surface area contributed by atoms with Crippen molar-refractivity contribution >= 4 is 52.3 Å². The van der Waals surface area contributed by atoms with Crippen LogP contribution in [0.1, 0.15) is 11.3 Å². The predicted octanol–water partition coefficient (Wildman–Crippen LogP) is 5.12. The lowest BCUT2D eigenvalue weighted by Gasteiger charge is -2.36. The number of amides is 3. The molecule has 0 radical (unpaired) electrons. The Labute approximate surface area is 218 Å². The molecule has 5 rings (SSSR count). The van der Waals surface area contributed by atoms with Crippen molar-refractivity contribution in [2.75, 3.05) is 37.6 Å². The molecule has 3 heterocycles. The van der Waals surface area contributed by atoms with E-state index in [-0.39, 0.29) is 17.4 Å². The van der Waals surface area contributed by atoms with E-state index in [1.807, 2.05) is 67.6 Å². The number of nitrogens with zero attached hydrogens (tertiary/aromatic N) is 3. The van der Waals surface area contributed by atoms with Crippen LogP contribution >= 0.6 is 23.5 Å². The molecule has 0 unspecified atom stereocenters. The fourth-order valence-corrected chi connectivity index (χ4v) is 5.64. The number of rotatable bonds is 6. The van der Waals surface area contributed by atoms with Gasteiger partial charge in [0.1, 0.15) is 12.3 Å². The molecular weight excluding hydrogens is 494 g/mol. The summed E-state index contributed by atoms with van der Waals surface area (Å²) in [6.07, 6.45) is 1.56. The van der Waals surface area contributed by atoms with E-state index in [1.165, 1.54) is 17.3 Å². The summed E-state index contributed by atoms with van der Waals surface area (Å²) in [5, 5.41) is 0.248. The van der Waals surface area contributed by atoms with Gasteiger partial charge in [0.15, 0.2) is 5.09 Å². The average Bonchev–Trinajstić information content (AvgIpc) is 3.45. The van der Waals surface area contributed by atoms with Crippen LogP contribution in [-0.4, -0.2) is 59.6 Å². The van der Waals surface area contributed by atoms with E-state index in [0.29, 0.717) is 37.0 Å². The summed E-state index contributed by atoms with van der Waals surface area (Å²) in [5.41, 5.74) is 2.31. The van der Waals surface area contributed by atoms with E-state index in [1.54, 1.807) is 17.0 Å². The second-order valence-corrected chi connectivity index (χ2v) is 10.6. The zero-order valence-corrected chi connectivity index (χ0v) is 21.4. The molecule has 0 atom stereocenters. The van der Waals surface area contributed by atoms with Crippen molar-refractivity contribution in [1.29, 1.82) is 0 Å². The van der Waals surface area contributed by atoms with Crippen LogP contribution in [0.25, 0.3) is 6.08 Å². The van der Waals surface area contributed by atoms with E-state index in [4.69, 9.17) is 4.42 Å². The summed E-state index contributed by atoms with van der Waals surface area (Å²) in [7, 11) is 0. The lowest BCUT2D eigenvalue weighted by molar-refractivity contribution is -0.136. The molecule has 3 aromatic rings. The van der Waals surface area contributed by atoms with E-state index in [0.717, 1.165) is 27.2 Å². The smallest absolute Gasteiger partial charge is 0.294 e. The molecule has 1 aromatic heterocycles. The Balaban J connectivity index is 1.17. The fraction of sp³-hybridized carbons (Fsp3) is 0.222. The highest BCUT2D eigenvalue weighted by Crippen LogP contribution is 2.34. The lowest BCUT2D eigenvalue weighted by Crippen LogP contribution is -2.51. The first-order chi connectivity index (χ1) is 17.5. The first kappa shape index (κ1) is 24.3. The van der Waals surface area contributed by atoms with Gasteiger partial charge in [0.05, 0.1) is 4.91 Å². The van der Waals surface area contributed by atoms with Gasteiger partial charge in [0.2, 0.25) is 5.91 Å². The second-order valence-electron chi connectivity index (χ2n) is 8.54. The van der Waals surface area contributed by atoms with E-state index < -0.39 is 11.1 Å². The van der Waals surface area contributed by atoms with Gasteiger partial charge in [-0.2, -0.15) is 0 Å². The number of carbonyl (C=O) groups excluding carboxylic acids is 3. The number of thioether (sulfide) groups is 1. The molecule has 2 fully saturated rings. The summed E-state index contributed by atoms with van der Waals surface area (Å²) >= 11 is 2.31. The zero-order valence-electron chi connectivity index (χ0n) is 19.8. The SMILES string of the molecule is Cc1ccc(Sc2ccc(/C=C3/SC(=O)N(CC(=O)N4CCN(c5ccccc5)CC4)C3=O)o2)cc1. The molecule has 2 saturated heterocycles. The number of piperazine rings is 1. The highest BCUT2D eigenvalue weighted by molar-refractivity contribution is 8.18. The molecule has 9 heteroatoms. The van der Waals surface area contributed by atoms with Crippen LogP contribution in [0.3, 0.4) is 0 Å². The van der Waals surface area contributed by atoms with Crippen LogP contribution in [0.2, 0.25) is 0 Å². The van der Waals surface area contributed by atoms with Gasteiger partial charge in [-0.15, -0.1) is 0 Å². The van der Waals surface area contributed by atoms with Gasteiger partial charge >= 0.3 is 0 Å². The first-order valence-corrected chi connectivity index (χ1v) is 13.3. The Kier molecular flexibility index (Phi) is 7.20. The maximum Gasteiger partial charge on any atom is 0.294 e. The minimum atomic E-state index is -0.467. The number of hydrogen-bond donors (Lipinski definition) is 0. The number of imide groups is 1. The molecule has 3 amide bonds. The third kappa shape index (κ3) is 5.52. The average molecular weight is 520 g/mol. The molecule has 0 N–H and O–H groups in total. The number of carbonyl (C=O) groups is 3. The fourth-order valence-electron chi connectivity index (χ4n) is 4.04. The third-order valence-corrected chi connectivity index (χ3v) is 7.87. The van der Waals surface area contributed by atoms with Crippen molar-refractivity contribution in [2.24, 2.45) is 0 Å². The van der Waals surface area contributed by atoms with Crippen LogP contribution in [0.4, 0.5) is 10.5 Å². The van der Waals surface area contributed by atoms with E-state index >= 15 is 0 Å². The third-order valence-electron chi connectivity index (χ3n) is 6.04. The Hall–Kier alpha value is -3.43. The maximum atomic E-state index is 12.9. The highest BCUT2D eigenvalue weighted by atomic mass is 32.2. The summed E-state index contributed by atoms with van der Waals surface area (Å²) in [5.74, 6) is -0.204. The normalized spacial score (nSPS) is 17.4. The molecule has 184 valence electrons. The molecular formula is C27H25N3O4S2. The van der Waals surface area contributed by atoms with Crippen molar-refractivity contribution in [1.82, 2.24) is 9.80 Å². The van der Waals surface area contributed by atoms with Crippen LogP contribution < -0.4 is 4.90 Å². The number of hydrogen-bond acceptors (Lipinski definition) is 7. The summed E-state index contributed by atoms with van der Waals surface area (Å²) in [6, 6.07) is 21.8. The minimum Gasteiger partial charge on any atom is -0.450 e. The van der Waals surface area contributed by atoms with Gasteiger partial charge in [-0.3, -0.25) is 19.3 Å². The number of benzene rings is 2. The van der Waals surface area contributed by atoms with Crippen molar-refractivity contribution in [3.8, 4) is 0 Å². The largest absolute Gasteiger partial charge is 0.450 e. The van der Waals surface area contributed by atoms with E-state index in [2.05, 4.69) is 4.90 Å². The molecule has 2 aliphatic heterocycles. The molecule has 2 aliphatic rings. The van der Waals surface area contributed by atoms with Crippen molar-refractivity contribution in [3.63, 3.8) is 0 Å². The van der Waals surface area contributed by atoms with E-state index in [9.17, 15) is 14.4 Å². The minimum absolute atomic E-state index is 0.221. The summed E-state index contributed by atoms with van der Waals surface area (Å²) < 4.78 is 5.83. The van der Waals surface area contributed by atoms with Gasteiger partial charge < -0.3 is 14.2 Å². The Morgan fingerprint density at radius 3 is 2.42 bits per heavy atom. The van der Waals surface area contributed by atoms with Crippen molar-refractivity contribution in [2.45, 2.75) is 16.9 Å². The van der Waals surface area contributed by atoms with Gasteiger partial charge in [-0.05, 0) is 55.1 Å². The molecule has 0 spiro atoms. The first-order valence-electron chi connectivity index (χ1n) is 11.6. The van der Waals surface area contributed by atoms with Crippen LogP contribution in [-0.2, 0) is 9.59 Å². The van der Waals surface area contributed by atoms with Gasteiger partial charge in [-0.25, -0.2) is 0 Å². The lowest BCUT2D eigenvalue weighted by atomic mass is 10.2. The Morgan fingerprint density at radius 1 is 0.972 bits per heavy atom. The second kappa shape index (κ2) is 10.7. The summed E-state index contributed by atoms with van der Waals surface area (Å²) in [6.45, 7) is 4.30. The number of aryl methyl sites for hydroxylation is 1. The highest BCUT2D eigenvalue weighted by Gasteiger charge is 2.37. The van der Waals surface area contributed by atoms with Gasteiger partial charge in [0, 0.05) is 42.8 Å². The number of para-hydroxylation sites is 1. The molecule has 0 aliphatic carbocycles. The van der Waals surface area contributed by atoms with Crippen molar-refractivity contribution in [3.05, 3.63) is 83.0 Å². The molecule has 2 aromatic carbocycles. The van der Waals surface area contributed by atoms with Crippen LogP contribution in [0.5, 0.6) is 0 Å². The molecule has 0 bridgehead atoms. The van der Waals surface area contributed by atoms with Crippen molar-refractivity contribution < 1.29 is 18.8 Å². The van der Waals surface area contributed by atoms with Crippen LogP contribution in [0, 0.1) is 6.92 Å². The Morgan fingerprint density at radius 2 is 1.69 bits per heavy atom. The molecule has 7 nitrogen and oxygen atoms in total. The molecule has 36 heavy (non-hydrogen) atoms.